The first-order chi connectivity index (χ1) is 10.1. The molecule has 0 aromatic heterocycles. The molecular formula is C16H13BrN2O2. The van der Waals surface area contributed by atoms with Crippen LogP contribution in [0.5, 0.6) is 5.75 Å². The number of nitrogens with zero attached hydrogens (tertiary/aromatic N) is 1. The van der Waals surface area contributed by atoms with E-state index in [1.54, 1.807) is 37.4 Å². The van der Waals surface area contributed by atoms with E-state index >= 15 is 0 Å². The quantitative estimate of drug-likeness (QED) is 0.917. The van der Waals surface area contributed by atoms with Crippen LogP contribution in [0.2, 0.25) is 0 Å². The third kappa shape index (κ3) is 3.83. The van der Waals surface area contributed by atoms with Crippen LogP contribution in [0.25, 0.3) is 0 Å². The first kappa shape index (κ1) is 15.1. The first-order valence-corrected chi connectivity index (χ1v) is 7.04. The fourth-order valence-corrected chi connectivity index (χ4v) is 2.35. The van der Waals surface area contributed by atoms with Gasteiger partial charge in [0.05, 0.1) is 24.1 Å². The van der Waals surface area contributed by atoms with E-state index in [0.717, 1.165) is 10.0 Å². The van der Waals surface area contributed by atoms with E-state index in [9.17, 15) is 4.79 Å². The summed E-state index contributed by atoms with van der Waals surface area (Å²) in [4.78, 5) is 12.2. The van der Waals surface area contributed by atoms with E-state index < -0.39 is 0 Å². The van der Waals surface area contributed by atoms with Gasteiger partial charge in [0.1, 0.15) is 5.75 Å². The molecule has 0 aliphatic rings. The van der Waals surface area contributed by atoms with E-state index in [1.165, 1.54) is 0 Å². The Labute approximate surface area is 131 Å². The summed E-state index contributed by atoms with van der Waals surface area (Å²) in [5, 5.41) is 11.4. The van der Waals surface area contributed by atoms with Crippen LogP contribution in [0.15, 0.2) is 46.9 Å². The number of carbonyl (C=O) groups excluding carboxylic acids is 1. The number of benzene rings is 2. The molecule has 0 radical (unpaired) electrons. The highest BCUT2D eigenvalue weighted by molar-refractivity contribution is 9.10. The number of amides is 1. The van der Waals surface area contributed by atoms with Crippen molar-refractivity contribution in [3.8, 4) is 11.8 Å². The Morgan fingerprint density at radius 1 is 1.29 bits per heavy atom. The lowest BCUT2D eigenvalue weighted by molar-refractivity contribution is 0.102. The van der Waals surface area contributed by atoms with Crippen molar-refractivity contribution in [1.29, 1.82) is 5.26 Å². The number of halogens is 1. The molecule has 0 fully saturated rings. The Morgan fingerprint density at radius 2 is 2.00 bits per heavy atom. The van der Waals surface area contributed by atoms with Crippen molar-refractivity contribution < 1.29 is 9.53 Å². The fraction of sp³-hybridized carbons (Fsp3) is 0.125. The molecule has 0 atom stereocenters. The van der Waals surface area contributed by atoms with E-state index in [2.05, 4.69) is 27.3 Å². The molecule has 0 heterocycles. The number of hydrogen-bond donors (Lipinski definition) is 1. The van der Waals surface area contributed by atoms with Gasteiger partial charge in [-0.2, -0.15) is 5.26 Å². The van der Waals surface area contributed by atoms with Gasteiger partial charge in [0.15, 0.2) is 0 Å². The average Bonchev–Trinajstić information content (AvgIpc) is 2.49. The lowest BCUT2D eigenvalue weighted by Gasteiger charge is -2.08. The average molecular weight is 345 g/mol. The van der Waals surface area contributed by atoms with Gasteiger partial charge in [0.2, 0.25) is 0 Å². The predicted molar refractivity (Wildman–Crippen MR) is 84.4 cm³/mol. The number of carbonyl (C=O) groups is 1. The van der Waals surface area contributed by atoms with Crippen LogP contribution in [-0.2, 0) is 6.42 Å². The van der Waals surface area contributed by atoms with Gasteiger partial charge < -0.3 is 10.1 Å². The topological polar surface area (TPSA) is 62.1 Å². The fourth-order valence-electron chi connectivity index (χ4n) is 1.81. The largest absolute Gasteiger partial charge is 0.496 e. The van der Waals surface area contributed by atoms with Crippen molar-refractivity contribution in [2.45, 2.75) is 6.42 Å². The van der Waals surface area contributed by atoms with Gasteiger partial charge in [-0.25, -0.2) is 0 Å². The highest BCUT2D eigenvalue weighted by Gasteiger charge is 2.09. The SMILES string of the molecule is COc1ccc(C(=O)Nc2ccc(CC#N)cc2)cc1Br. The highest BCUT2D eigenvalue weighted by Crippen LogP contribution is 2.25. The zero-order chi connectivity index (χ0) is 15.2. The Bertz CT molecular complexity index is 690. The summed E-state index contributed by atoms with van der Waals surface area (Å²) in [6, 6.07) is 14.4. The highest BCUT2D eigenvalue weighted by atomic mass is 79.9. The van der Waals surface area contributed by atoms with Crippen molar-refractivity contribution in [3.05, 3.63) is 58.1 Å². The molecule has 0 spiro atoms. The summed E-state index contributed by atoms with van der Waals surface area (Å²) >= 11 is 3.35. The standard InChI is InChI=1S/C16H13BrN2O2/c1-21-15-7-4-12(10-14(15)17)16(20)19-13-5-2-11(3-6-13)8-9-18/h2-7,10H,8H2,1H3,(H,19,20). The first-order valence-electron chi connectivity index (χ1n) is 6.25. The van der Waals surface area contributed by atoms with Crippen molar-refractivity contribution in [3.63, 3.8) is 0 Å². The Balaban J connectivity index is 2.10. The molecule has 0 aliphatic carbocycles. The summed E-state index contributed by atoms with van der Waals surface area (Å²) in [5.41, 5.74) is 2.14. The molecule has 106 valence electrons. The molecule has 2 aromatic carbocycles. The zero-order valence-corrected chi connectivity index (χ0v) is 13.0. The molecule has 1 N–H and O–H groups in total. The normalized spacial score (nSPS) is 9.76. The summed E-state index contributed by atoms with van der Waals surface area (Å²) in [6.07, 6.45) is 0.361. The van der Waals surface area contributed by atoms with Crippen LogP contribution in [0.4, 0.5) is 5.69 Å². The van der Waals surface area contributed by atoms with Crippen LogP contribution < -0.4 is 10.1 Å². The number of anilines is 1. The minimum atomic E-state index is -0.202. The molecule has 0 saturated heterocycles. The third-order valence-electron chi connectivity index (χ3n) is 2.91. The predicted octanol–water partition coefficient (Wildman–Crippen LogP) is 3.78. The monoisotopic (exact) mass is 344 g/mol. The lowest BCUT2D eigenvalue weighted by Crippen LogP contribution is -2.11. The van der Waals surface area contributed by atoms with Crippen LogP contribution >= 0.6 is 15.9 Å². The molecule has 2 rings (SSSR count). The minimum absolute atomic E-state index is 0.202. The molecule has 0 unspecified atom stereocenters. The molecule has 0 saturated carbocycles. The van der Waals surface area contributed by atoms with Gasteiger partial charge in [0, 0.05) is 11.3 Å². The van der Waals surface area contributed by atoms with Crippen LogP contribution in [0.1, 0.15) is 15.9 Å². The van der Waals surface area contributed by atoms with Crippen LogP contribution in [0.3, 0.4) is 0 Å². The van der Waals surface area contributed by atoms with Gasteiger partial charge in [-0.05, 0) is 51.8 Å². The van der Waals surface area contributed by atoms with Gasteiger partial charge in [-0.1, -0.05) is 12.1 Å². The van der Waals surface area contributed by atoms with Crippen molar-refractivity contribution >= 4 is 27.5 Å². The van der Waals surface area contributed by atoms with E-state index in [-0.39, 0.29) is 5.91 Å². The maximum Gasteiger partial charge on any atom is 0.255 e. The van der Waals surface area contributed by atoms with Crippen LogP contribution in [0, 0.1) is 11.3 Å². The van der Waals surface area contributed by atoms with Gasteiger partial charge in [-0.15, -0.1) is 0 Å². The second-order valence-corrected chi connectivity index (χ2v) is 5.19. The van der Waals surface area contributed by atoms with E-state index in [4.69, 9.17) is 10.00 Å². The third-order valence-corrected chi connectivity index (χ3v) is 3.53. The van der Waals surface area contributed by atoms with Crippen molar-refractivity contribution in [2.75, 3.05) is 12.4 Å². The maximum absolute atomic E-state index is 12.2. The van der Waals surface area contributed by atoms with Gasteiger partial charge in [0.25, 0.3) is 5.91 Å². The molecule has 5 heteroatoms. The van der Waals surface area contributed by atoms with Gasteiger partial charge >= 0.3 is 0 Å². The van der Waals surface area contributed by atoms with Crippen molar-refractivity contribution in [1.82, 2.24) is 0 Å². The minimum Gasteiger partial charge on any atom is -0.496 e. The Kier molecular flexibility index (Phi) is 4.96. The van der Waals surface area contributed by atoms with Crippen LogP contribution in [-0.4, -0.2) is 13.0 Å². The molecule has 0 bridgehead atoms. The molecular weight excluding hydrogens is 332 g/mol. The molecule has 21 heavy (non-hydrogen) atoms. The molecule has 2 aromatic rings. The maximum atomic E-state index is 12.2. The lowest BCUT2D eigenvalue weighted by atomic mass is 10.1. The summed E-state index contributed by atoms with van der Waals surface area (Å²) in [5.74, 6) is 0.471. The number of nitriles is 1. The Morgan fingerprint density at radius 3 is 2.57 bits per heavy atom. The number of methoxy groups -OCH3 is 1. The number of nitrogens with one attached hydrogen (secondary N) is 1. The molecule has 4 nitrogen and oxygen atoms in total. The second kappa shape index (κ2) is 6.91. The molecule has 0 aliphatic heterocycles. The summed E-state index contributed by atoms with van der Waals surface area (Å²) < 4.78 is 5.85. The van der Waals surface area contributed by atoms with Gasteiger partial charge in [-0.3, -0.25) is 4.79 Å². The van der Waals surface area contributed by atoms with E-state index in [0.29, 0.717) is 23.4 Å². The molecule has 1 amide bonds. The van der Waals surface area contributed by atoms with Crippen molar-refractivity contribution in [2.24, 2.45) is 0 Å². The zero-order valence-electron chi connectivity index (χ0n) is 11.4. The summed E-state index contributed by atoms with van der Waals surface area (Å²) in [6.45, 7) is 0. The number of ether oxygens (including phenoxy) is 1. The smallest absolute Gasteiger partial charge is 0.255 e. The summed E-state index contributed by atoms with van der Waals surface area (Å²) in [7, 11) is 1.57. The number of rotatable bonds is 4. The second-order valence-electron chi connectivity index (χ2n) is 4.34. The Hall–Kier alpha value is -2.32. The number of hydrogen-bond acceptors (Lipinski definition) is 3. The van der Waals surface area contributed by atoms with E-state index in [1.807, 2.05) is 12.1 Å².